The van der Waals surface area contributed by atoms with E-state index >= 15 is 0 Å². The molecule has 162 valence electrons. The van der Waals surface area contributed by atoms with Crippen LogP contribution in [-0.4, -0.2) is 36.7 Å². The lowest BCUT2D eigenvalue weighted by Crippen LogP contribution is -2.58. The first-order valence-corrected chi connectivity index (χ1v) is 10.1. The van der Waals surface area contributed by atoms with Crippen LogP contribution >= 0.6 is 0 Å². The number of hydrogen-bond acceptors (Lipinski definition) is 5. The number of fused-ring (bicyclic) bond motifs is 1. The molecule has 2 aliphatic rings. The number of nitrogens with one attached hydrogen (secondary N) is 1. The molecule has 0 spiro atoms. The maximum Gasteiger partial charge on any atom is 0.329 e. The fourth-order valence-corrected chi connectivity index (χ4v) is 4.41. The monoisotopic (exact) mass is 426 g/mol. The normalized spacial score (nSPS) is 23.6. The van der Waals surface area contributed by atoms with Crippen molar-refractivity contribution in [1.82, 2.24) is 5.32 Å². The van der Waals surface area contributed by atoms with Crippen LogP contribution in [0.3, 0.4) is 0 Å². The van der Waals surface area contributed by atoms with E-state index in [2.05, 4.69) is 5.32 Å². The average Bonchev–Trinajstić information content (AvgIpc) is 2.96. The van der Waals surface area contributed by atoms with Crippen LogP contribution in [0.25, 0.3) is 0 Å². The zero-order valence-corrected chi connectivity index (χ0v) is 17.3. The number of carbonyl (C=O) groups excluding carboxylic acids is 3. The Hall–Kier alpha value is -3.42. The van der Waals surface area contributed by atoms with Crippen molar-refractivity contribution in [3.05, 3.63) is 59.9 Å². The molecule has 0 bridgehead atoms. The first kappa shape index (κ1) is 20.8. The maximum atomic E-state index is 13.7. The van der Waals surface area contributed by atoms with E-state index in [0.29, 0.717) is 6.42 Å². The highest BCUT2D eigenvalue weighted by molar-refractivity contribution is 6.24. The quantitative estimate of drug-likeness (QED) is 0.587. The summed E-state index contributed by atoms with van der Waals surface area (Å²) in [6.45, 7) is 3.51. The molecule has 4 rings (SSSR count). The van der Waals surface area contributed by atoms with Crippen LogP contribution < -0.4 is 15.0 Å². The van der Waals surface area contributed by atoms with Gasteiger partial charge in [0.25, 0.3) is 5.91 Å². The summed E-state index contributed by atoms with van der Waals surface area (Å²) in [7, 11) is 0. The summed E-state index contributed by atoms with van der Waals surface area (Å²) < 4.78 is 24.9. The van der Waals surface area contributed by atoms with Crippen LogP contribution in [0.2, 0.25) is 0 Å². The fourth-order valence-electron chi connectivity index (χ4n) is 4.41. The van der Waals surface area contributed by atoms with Gasteiger partial charge in [-0.3, -0.25) is 9.59 Å². The van der Waals surface area contributed by atoms with Crippen molar-refractivity contribution in [2.75, 3.05) is 18.1 Å². The third-order valence-corrected chi connectivity index (χ3v) is 5.83. The first-order chi connectivity index (χ1) is 14.8. The molecule has 2 aromatic rings. The number of anilines is 1. The lowest BCUT2D eigenvalue weighted by molar-refractivity contribution is -0.156. The molecule has 1 fully saturated rings. The van der Waals surface area contributed by atoms with Gasteiger partial charge in [-0.25, -0.2) is 14.1 Å². The Balaban J connectivity index is 1.70. The molecule has 7 nitrogen and oxygen atoms in total. The Morgan fingerprint density at radius 3 is 2.81 bits per heavy atom. The first-order valence-electron chi connectivity index (χ1n) is 10.1. The van der Waals surface area contributed by atoms with Gasteiger partial charge < -0.3 is 14.8 Å². The molecule has 3 atom stereocenters. The molecule has 0 radical (unpaired) electrons. The minimum Gasteiger partial charge on any atom is -0.493 e. The van der Waals surface area contributed by atoms with Crippen LogP contribution in [0.5, 0.6) is 5.75 Å². The number of nitrogens with zero attached hydrogens (tertiary/aromatic N) is 1. The van der Waals surface area contributed by atoms with Crippen LogP contribution in [0.4, 0.5) is 14.9 Å². The van der Waals surface area contributed by atoms with Gasteiger partial charge in [0.2, 0.25) is 0 Å². The molecule has 0 saturated carbocycles. The van der Waals surface area contributed by atoms with E-state index in [1.165, 1.54) is 25.1 Å². The van der Waals surface area contributed by atoms with E-state index in [4.69, 9.17) is 9.47 Å². The molecule has 0 aromatic heterocycles. The fraction of sp³-hybridized carbons (Fsp3) is 0.348. The summed E-state index contributed by atoms with van der Waals surface area (Å²) >= 11 is 0. The van der Waals surface area contributed by atoms with E-state index in [-0.39, 0.29) is 18.9 Å². The van der Waals surface area contributed by atoms with Crippen LogP contribution in [0.15, 0.2) is 48.5 Å². The largest absolute Gasteiger partial charge is 0.493 e. The SMILES string of the molecule is CCOC(=O)[C@H]([C@H]1COc2ccccc2C1)[C@]1(C)NC(=O)N(c2cccc(F)c2)C1=O. The maximum absolute atomic E-state index is 13.7. The van der Waals surface area contributed by atoms with Gasteiger partial charge in [0.15, 0.2) is 0 Å². The molecule has 8 heteroatoms. The van der Waals surface area contributed by atoms with E-state index in [0.717, 1.165) is 22.3 Å². The number of rotatable bonds is 5. The predicted octanol–water partition coefficient (Wildman–Crippen LogP) is 3.07. The van der Waals surface area contributed by atoms with E-state index < -0.39 is 41.1 Å². The van der Waals surface area contributed by atoms with Crippen molar-refractivity contribution in [3.8, 4) is 5.75 Å². The number of urea groups is 1. The molecule has 2 aromatic carbocycles. The molecule has 3 amide bonds. The van der Waals surface area contributed by atoms with Gasteiger partial charge >= 0.3 is 12.0 Å². The smallest absolute Gasteiger partial charge is 0.329 e. The summed E-state index contributed by atoms with van der Waals surface area (Å²) in [5, 5.41) is 2.67. The molecule has 1 saturated heterocycles. The second kappa shape index (κ2) is 8.02. The number of esters is 1. The van der Waals surface area contributed by atoms with E-state index in [1.54, 1.807) is 6.92 Å². The van der Waals surface area contributed by atoms with Crippen molar-refractivity contribution >= 4 is 23.6 Å². The average molecular weight is 426 g/mol. The van der Waals surface area contributed by atoms with Crippen LogP contribution in [-0.2, 0) is 20.7 Å². The zero-order chi connectivity index (χ0) is 22.2. The van der Waals surface area contributed by atoms with Gasteiger partial charge in [0.05, 0.1) is 24.8 Å². The minimum atomic E-state index is -1.57. The summed E-state index contributed by atoms with van der Waals surface area (Å²) in [4.78, 5) is 40.1. The third kappa shape index (κ3) is 3.62. The highest BCUT2D eigenvalue weighted by Crippen LogP contribution is 2.39. The Kier molecular flexibility index (Phi) is 5.39. The molecule has 2 aliphatic heterocycles. The molecule has 0 aliphatic carbocycles. The second-order valence-corrected chi connectivity index (χ2v) is 7.87. The second-order valence-electron chi connectivity index (χ2n) is 7.87. The number of benzene rings is 2. The third-order valence-electron chi connectivity index (χ3n) is 5.83. The summed E-state index contributed by atoms with van der Waals surface area (Å²) in [6.07, 6.45) is 0.484. The number of halogens is 1. The lowest BCUT2D eigenvalue weighted by atomic mass is 9.73. The Morgan fingerprint density at radius 2 is 2.06 bits per heavy atom. The Morgan fingerprint density at radius 1 is 1.29 bits per heavy atom. The number of amides is 3. The van der Waals surface area contributed by atoms with Crippen molar-refractivity contribution < 1.29 is 28.2 Å². The van der Waals surface area contributed by atoms with Crippen molar-refractivity contribution in [3.63, 3.8) is 0 Å². The van der Waals surface area contributed by atoms with Gasteiger partial charge in [0, 0.05) is 5.92 Å². The molecular formula is C23H23FN2O5. The number of carbonyl (C=O) groups is 3. The van der Waals surface area contributed by atoms with Crippen LogP contribution in [0.1, 0.15) is 19.4 Å². The summed E-state index contributed by atoms with van der Waals surface area (Å²) in [5.41, 5.74) is -0.565. The minimum absolute atomic E-state index is 0.0964. The number of hydrogen-bond donors (Lipinski definition) is 1. The summed E-state index contributed by atoms with van der Waals surface area (Å²) in [5.74, 6) is -2.47. The standard InChI is InChI=1S/C23H23FN2O5/c1-3-30-20(27)19(15-11-14-7-4-5-10-18(14)31-13-15)23(2)21(28)26(22(29)25-23)17-9-6-8-16(24)12-17/h4-10,12,15,19H,3,11,13H2,1-2H3,(H,25,29)/t15-,19+,23+/m1/s1. The van der Waals surface area contributed by atoms with Crippen molar-refractivity contribution in [2.24, 2.45) is 11.8 Å². The van der Waals surface area contributed by atoms with Gasteiger partial charge in [-0.05, 0) is 50.1 Å². The number of ether oxygens (including phenoxy) is 2. The Bertz CT molecular complexity index is 1040. The molecule has 31 heavy (non-hydrogen) atoms. The summed E-state index contributed by atoms with van der Waals surface area (Å²) in [6, 6.07) is 12.0. The van der Waals surface area contributed by atoms with Gasteiger partial charge in [-0.15, -0.1) is 0 Å². The number of para-hydroxylation sites is 1. The topological polar surface area (TPSA) is 84.9 Å². The molecular weight excluding hydrogens is 403 g/mol. The highest BCUT2D eigenvalue weighted by atomic mass is 19.1. The zero-order valence-electron chi connectivity index (χ0n) is 17.3. The van der Waals surface area contributed by atoms with E-state index in [1.807, 2.05) is 24.3 Å². The number of imide groups is 1. The van der Waals surface area contributed by atoms with Crippen LogP contribution in [0, 0.1) is 17.7 Å². The van der Waals surface area contributed by atoms with Gasteiger partial charge in [-0.1, -0.05) is 24.3 Å². The molecule has 2 heterocycles. The highest BCUT2D eigenvalue weighted by Gasteiger charge is 2.58. The van der Waals surface area contributed by atoms with Crippen molar-refractivity contribution in [1.29, 1.82) is 0 Å². The predicted molar refractivity (Wildman–Crippen MR) is 110 cm³/mol. The van der Waals surface area contributed by atoms with Crippen molar-refractivity contribution in [2.45, 2.75) is 25.8 Å². The lowest BCUT2D eigenvalue weighted by Gasteiger charge is -2.37. The van der Waals surface area contributed by atoms with E-state index in [9.17, 15) is 18.8 Å². The van der Waals surface area contributed by atoms with Gasteiger partial charge in [-0.2, -0.15) is 0 Å². The van der Waals surface area contributed by atoms with Gasteiger partial charge in [0.1, 0.15) is 17.1 Å². The molecule has 1 N–H and O–H groups in total. The Labute approximate surface area is 179 Å². The molecule has 0 unspecified atom stereocenters.